The highest BCUT2D eigenvalue weighted by molar-refractivity contribution is 5.86. The summed E-state index contributed by atoms with van der Waals surface area (Å²) in [4.78, 5) is 39.2. The lowest BCUT2D eigenvalue weighted by molar-refractivity contribution is -0.145. The fraction of sp³-hybridized carbons (Fsp3) is 0.444. The Labute approximate surface area is 204 Å². The molecule has 0 aromatic heterocycles. The van der Waals surface area contributed by atoms with Gasteiger partial charge in [0.05, 0.1) is 31.1 Å². The van der Waals surface area contributed by atoms with Gasteiger partial charge in [0, 0.05) is 18.5 Å². The molecule has 2 aromatic rings. The van der Waals surface area contributed by atoms with Crippen LogP contribution in [0.2, 0.25) is 0 Å². The zero-order chi connectivity index (χ0) is 24.6. The largest absolute Gasteiger partial charge is 0.481 e. The van der Waals surface area contributed by atoms with Crippen molar-refractivity contribution < 1.29 is 29.0 Å². The van der Waals surface area contributed by atoms with Crippen LogP contribution in [0.3, 0.4) is 0 Å². The third-order valence-corrected chi connectivity index (χ3v) is 7.63. The van der Waals surface area contributed by atoms with Gasteiger partial charge in [-0.2, -0.15) is 0 Å². The highest BCUT2D eigenvalue weighted by Gasteiger charge is 2.51. The number of hydrogen-bond donors (Lipinski definition) is 2. The van der Waals surface area contributed by atoms with Crippen LogP contribution in [0, 0.1) is 5.41 Å². The number of carbonyl (C=O) groups excluding carboxylic acids is 2. The number of benzene rings is 2. The Bertz CT molecular complexity index is 1100. The van der Waals surface area contributed by atoms with Crippen molar-refractivity contribution in [2.24, 2.45) is 5.41 Å². The summed E-state index contributed by atoms with van der Waals surface area (Å²) < 4.78 is 11.3. The number of carboxylic acids is 1. The van der Waals surface area contributed by atoms with Crippen molar-refractivity contribution in [3.8, 4) is 11.1 Å². The molecule has 2 amide bonds. The number of nitrogens with one attached hydrogen (secondary N) is 1. The second-order valence-electron chi connectivity index (χ2n) is 9.85. The van der Waals surface area contributed by atoms with Gasteiger partial charge >= 0.3 is 12.1 Å². The lowest BCUT2D eigenvalue weighted by Gasteiger charge is -2.35. The number of likely N-dealkylation sites (tertiary alicyclic amines) is 1. The van der Waals surface area contributed by atoms with Crippen molar-refractivity contribution in [2.75, 3.05) is 26.4 Å². The monoisotopic (exact) mass is 478 g/mol. The van der Waals surface area contributed by atoms with Crippen LogP contribution in [0.25, 0.3) is 11.1 Å². The van der Waals surface area contributed by atoms with Crippen molar-refractivity contribution in [1.82, 2.24) is 10.2 Å². The predicted octanol–water partition coefficient (Wildman–Crippen LogP) is 3.40. The molecule has 8 heteroatoms. The number of aliphatic carboxylic acids is 1. The maximum atomic E-state index is 13.5. The van der Waals surface area contributed by atoms with Gasteiger partial charge in [-0.25, -0.2) is 4.79 Å². The summed E-state index contributed by atoms with van der Waals surface area (Å²) in [5.74, 6) is -1.15. The molecule has 2 saturated heterocycles. The molecule has 5 rings (SSSR count). The number of ether oxygens (including phenoxy) is 2. The quantitative estimate of drug-likeness (QED) is 0.659. The molecule has 2 N–H and O–H groups in total. The molecule has 0 spiro atoms. The number of hydrogen-bond acceptors (Lipinski definition) is 5. The van der Waals surface area contributed by atoms with Crippen LogP contribution < -0.4 is 5.32 Å². The fourth-order valence-corrected chi connectivity index (χ4v) is 5.71. The second kappa shape index (κ2) is 9.34. The SMILES string of the molecule is CC1(C(=O)N2CCC[C@@H]2CC(=O)O)COCC1NC(=O)OCC1c2ccccc2-c2ccccc21. The van der Waals surface area contributed by atoms with E-state index in [2.05, 4.69) is 29.6 Å². The minimum absolute atomic E-state index is 0.0534. The van der Waals surface area contributed by atoms with Crippen molar-refractivity contribution in [3.63, 3.8) is 0 Å². The maximum absolute atomic E-state index is 13.5. The first-order valence-electron chi connectivity index (χ1n) is 12.1. The molecule has 2 unspecified atom stereocenters. The summed E-state index contributed by atoms with van der Waals surface area (Å²) >= 11 is 0. The minimum Gasteiger partial charge on any atom is -0.481 e. The van der Waals surface area contributed by atoms with Gasteiger partial charge in [-0.15, -0.1) is 0 Å². The molecule has 3 atom stereocenters. The molecule has 2 aromatic carbocycles. The molecule has 0 radical (unpaired) electrons. The van der Waals surface area contributed by atoms with E-state index in [9.17, 15) is 19.5 Å². The zero-order valence-corrected chi connectivity index (χ0v) is 19.7. The molecule has 0 saturated carbocycles. The van der Waals surface area contributed by atoms with Gasteiger partial charge in [0.25, 0.3) is 0 Å². The highest BCUT2D eigenvalue weighted by atomic mass is 16.5. The average Bonchev–Trinajstić information content (AvgIpc) is 3.54. The Morgan fingerprint density at radius 1 is 1.11 bits per heavy atom. The van der Waals surface area contributed by atoms with Gasteiger partial charge in [-0.05, 0) is 42.0 Å². The molecule has 2 fully saturated rings. The topological polar surface area (TPSA) is 105 Å². The summed E-state index contributed by atoms with van der Waals surface area (Å²) in [5.41, 5.74) is 3.59. The summed E-state index contributed by atoms with van der Waals surface area (Å²) in [7, 11) is 0. The van der Waals surface area contributed by atoms with E-state index in [4.69, 9.17) is 9.47 Å². The summed E-state index contributed by atoms with van der Waals surface area (Å²) in [6.45, 7) is 2.84. The molecule has 35 heavy (non-hydrogen) atoms. The van der Waals surface area contributed by atoms with E-state index in [1.807, 2.05) is 24.3 Å². The summed E-state index contributed by atoms with van der Waals surface area (Å²) in [6.07, 6.45) is 0.766. The first-order chi connectivity index (χ1) is 16.9. The van der Waals surface area contributed by atoms with E-state index in [0.29, 0.717) is 13.0 Å². The zero-order valence-electron chi connectivity index (χ0n) is 19.7. The molecule has 2 aliphatic heterocycles. The Kier molecular flexibility index (Phi) is 6.23. The molecule has 1 aliphatic carbocycles. The number of amides is 2. The van der Waals surface area contributed by atoms with Gasteiger partial charge in [0.15, 0.2) is 0 Å². The van der Waals surface area contributed by atoms with Crippen LogP contribution in [0.4, 0.5) is 4.79 Å². The van der Waals surface area contributed by atoms with Crippen LogP contribution in [0.5, 0.6) is 0 Å². The van der Waals surface area contributed by atoms with Crippen LogP contribution in [0.15, 0.2) is 48.5 Å². The number of carboxylic acid groups (broad SMARTS) is 1. The van der Waals surface area contributed by atoms with E-state index in [0.717, 1.165) is 28.7 Å². The number of fused-ring (bicyclic) bond motifs is 3. The number of carbonyl (C=O) groups is 3. The highest BCUT2D eigenvalue weighted by Crippen LogP contribution is 2.44. The van der Waals surface area contributed by atoms with Crippen LogP contribution in [0.1, 0.15) is 43.2 Å². The van der Waals surface area contributed by atoms with Crippen molar-refractivity contribution in [3.05, 3.63) is 59.7 Å². The maximum Gasteiger partial charge on any atom is 0.407 e. The lowest BCUT2D eigenvalue weighted by Crippen LogP contribution is -2.55. The van der Waals surface area contributed by atoms with Gasteiger partial charge in [-0.1, -0.05) is 48.5 Å². The normalized spacial score (nSPS) is 25.2. The van der Waals surface area contributed by atoms with E-state index >= 15 is 0 Å². The van der Waals surface area contributed by atoms with Crippen molar-refractivity contribution in [2.45, 2.75) is 44.2 Å². The van der Waals surface area contributed by atoms with Crippen molar-refractivity contribution >= 4 is 18.0 Å². The van der Waals surface area contributed by atoms with Gasteiger partial charge in [0.1, 0.15) is 6.61 Å². The first kappa shape index (κ1) is 23.4. The Morgan fingerprint density at radius 3 is 2.43 bits per heavy atom. The molecule has 184 valence electrons. The first-order valence-corrected chi connectivity index (χ1v) is 12.1. The van der Waals surface area contributed by atoms with Gasteiger partial charge < -0.3 is 24.8 Å². The molecule has 0 bridgehead atoms. The summed E-state index contributed by atoms with van der Waals surface area (Å²) in [6, 6.07) is 15.4. The number of rotatable bonds is 6. The second-order valence-corrected chi connectivity index (χ2v) is 9.85. The average molecular weight is 479 g/mol. The standard InChI is InChI=1S/C27H30N2O6/c1-27(25(32)29-12-6-7-17(29)13-24(30)31)16-34-15-23(27)28-26(33)35-14-22-20-10-4-2-8-18(20)19-9-3-5-11-21(19)22/h2-5,8-11,17,22-23H,6-7,12-16H2,1H3,(H,28,33)(H,30,31)/t17-,23?,27?/m1/s1. The Hall–Kier alpha value is -3.39. The molecular weight excluding hydrogens is 448 g/mol. The van der Waals surface area contributed by atoms with Crippen LogP contribution in [-0.4, -0.2) is 66.4 Å². The molecule has 3 aliphatic rings. The smallest absolute Gasteiger partial charge is 0.407 e. The van der Waals surface area contributed by atoms with Gasteiger partial charge in [0.2, 0.25) is 5.91 Å². The van der Waals surface area contributed by atoms with Crippen LogP contribution in [-0.2, 0) is 19.1 Å². The van der Waals surface area contributed by atoms with Gasteiger partial charge in [-0.3, -0.25) is 9.59 Å². The lowest BCUT2D eigenvalue weighted by atomic mass is 9.83. The minimum atomic E-state index is -0.979. The molecular formula is C27H30N2O6. The van der Waals surface area contributed by atoms with E-state index in [1.165, 1.54) is 0 Å². The van der Waals surface area contributed by atoms with E-state index < -0.39 is 23.5 Å². The van der Waals surface area contributed by atoms with Crippen LogP contribution >= 0.6 is 0 Å². The summed E-state index contributed by atoms with van der Waals surface area (Å²) in [5, 5.41) is 12.1. The van der Waals surface area contributed by atoms with E-state index in [1.54, 1.807) is 11.8 Å². The fourth-order valence-electron chi connectivity index (χ4n) is 5.71. The van der Waals surface area contributed by atoms with E-state index in [-0.39, 0.29) is 44.1 Å². The Morgan fingerprint density at radius 2 is 1.77 bits per heavy atom. The number of nitrogens with zero attached hydrogens (tertiary/aromatic N) is 1. The molecule has 2 heterocycles. The number of alkyl carbamates (subject to hydrolysis) is 1. The van der Waals surface area contributed by atoms with Crippen molar-refractivity contribution in [1.29, 1.82) is 0 Å². The third kappa shape index (κ3) is 4.27. The third-order valence-electron chi connectivity index (χ3n) is 7.63. The predicted molar refractivity (Wildman–Crippen MR) is 128 cm³/mol. The Balaban J connectivity index is 1.25. The molecule has 8 nitrogen and oxygen atoms in total.